The average Bonchev–Trinajstić information content (AvgIpc) is 3.15. The first-order valence-corrected chi connectivity index (χ1v) is 10.6. The fourth-order valence-electron chi connectivity index (χ4n) is 2.48. The summed E-state index contributed by atoms with van der Waals surface area (Å²) in [7, 11) is 0. The van der Waals surface area contributed by atoms with Gasteiger partial charge in [0.05, 0.1) is 17.9 Å². The van der Waals surface area contributed by atoms with E-state index in [1.165, 1.54) is 52.9 Å². The molecule has 28 heavy (non-hydrogen) atoms. The highest BCUT2D eigenvalue weighted by Gasteiger charge is 2.11. The number of thioether (sulfide) groups is 1. The molecular weight excluding hydrogens is 395 g/mol. The van der Waals surface area contributed by atoms with Gasteiger partial charge in [0.15, 0.2) is 10.1 Å². The quantitative estimate of drug-likeness (QED) is 0.416. The summed E-state index contributed by atoms with van der Waals surface area (Å²) in [5, 5.41) is 4.52. The van der Waals surface area contributed by atoms with Crippen molar-refractivity contribution in [2.75, 3.05) is 11.1 Å². The van der Waals surface area contributed by atoms with Gasteiger partial charge in [-0.3, -0.25) is 9.59 Å². The summed E-state index contributed by atoms with van der Waals surface area (Å²) in [5.41, 5.74) is 3.08. The van der Waals surface area contributed by atoms with Crippen LogP contribution in [0.3, 0.4) is 0 Å². The number of hydrogen-bond acceptors (Lipinski definition) is 5. The number of thiazole rings is 1. The van der Waals surface area contributed by atoms with Gasteiger partial charge in [-0.1, -0.05) is 43.0 Å². The number of Topliss-reactive ketones (excluding diaryl/α,β-unsaturated/α-hetero) is 1. The van der Waals surface area contributed by atoms with E-state index >= 15 is 0 Å². The number of carbonyl (C=O) groups excluding carboxylic acids is 2. The maximum Gasteiger partial charge on any atom is 0.230 e. The SMILES string of the molecule is CCc1ccc(C(=O)CSc2nc(CC(=O)Nc3ccc(F)cc3)cs2)cc1. The lowest BCUT2D eigenvalue weighted by Crippen LogP contribution is -2.14. The average molecular weight is 415 g/mol. The van der Waals surface area contributed by atoms with Crippen molar-refractivity contribution >= 4 is 40.5 Å². The molecule has 0 aliphatic heterocycles. The summed E-state index contributed by atoms with van der Waals surface area (Å²) in [6, 6.07) is 13.3. The van der Waals surface area contributed by atoms with Crippen LogP contribution in [0.25, 0.3) is 0 Å². The van der Waals surface area contributed by atoms with Crippen molar-refractivity contribution in [2.45, 2.75) is 24.1 Å². The minimum absolute atomic E-state index is 0.0541. The Balaban J connectivity index is 1.49. The van der Waals surface area contributed by atoms with Crippen LogP contribution in [-0.4, -0.2) is 22.4 Å². The molecule has 0 saturated carbocycles. The summed E-state index contributed by atoms with van der Waals surface area (Å²) >= 11 is 2.78. The Hall–Kier alpha value is -2.51. The normalized spacial score (nSPS) is 10.6. The van der Waals surface area contributed by atoms with Crippen molar-refractivity contribution in [2.24, 2.45) is 0 Å². The first-order valence-electron chi connectivity index (χ1n) is 8.78. The number of anilines is 1. The summed E-state index contributed by atoms with van der Waals surface area (Å²) in [4.78, 5) is 28.8. The molecule has 0 atom stereocenters. The van der Waals surface area contributed by atoms with Gasteiger partial charge in [0.25, 0.3) is 0 Å². The van der Waals surface area contributed by atoms with Gasteiger partial charge in [0.2, 0.25) is 5.91 Å². The van der Waals surface area contributed by atoms with Gasteiger partial charge in [0.1, 0.15) is 5.82 Å². The van der Waals surface area contributed by atoms with Crippen LogP contribution in [0.15, 0.2) is 58.3 Å². The zero-order chi connectivity index (χ0) is 19.9. The number of hydrogen-bond donors (Lipinski definition) is 1. The molecule has 7 heteroatoms. The number of nitrogens with zero attached hydrogens (tertiary/aromatic N) is 1. The third-order valence-corrected chi connectivity index (χ3v) is 6.08. The number of aryl methyl sites for hydroxylation is 1. The highest BCUT2D eigenvalue weighted by Crippen LogP contribution is 2.24. The molecule has 0 spiro atoms. The van der Waals surface area contributed by atoms with Crippen molar-refractivity contribution in [1.82, 2.24) is 4.98 Å². The first kappa shape index (κ1) is 20.2. The van der Waals surface area contributed by atoms with Crippen LogP contribution in [0.4, 0.5) is 10.1 Å². The van der Waals surface area contributed by atoms with E-state index in [9.17, 15) is 14.0 Å². The Kier molecular flexibility index (Phi) is 6.95. The Bertz CT molecular complexity index is 953. The Morgan fingerprint density at radius 3 is 2.50 bits per heavy atom. The molecular formula is C21H19FN2O2S2. The van der Waals surface area contributed by atoms with E-state index < -0.39 is 0 Å². The van der Waals surface area contributed by atoms with Crippen molar-refractivity contribution < 1.29 is 14.0 Å². The molecule has 0 saturated heterocycles. The van der Waals surface area contributed by atoms with E-state index in [4.69, 9.17) is 0 Å². The number of carbonyl (C=O) groups is 2. The molecule has 1 heterocycles. The lowest BCUT2D eigenvalue weighted by molar-refractivity contribution is -0.115. The molecule has 1 aromatic heterocycles. The first-order chi connectivity index (χ1) is 13.5. The molecule has 1 amide bonds. The molecule has 2 aromatic carbocycles. The number of aromatic nitrogens is 1. The van der Waals surface area contributed by atoms with E-state index in [-0.39, 0.29) is 23.9 Å². The van der Waals surface area contributed by atoms with Gasteiger partial charge >= 0.3 is 0 Å². The molecule has 3 rings (SSSR count). The highest BCUT2D eigenvalue weighted by molar-refractivity contribution is 8.01. The fraction of sp³-hybridized carbons (Fsp3) is 0.190. The number of amides is 1. The molecule has 3 aromatic rings. The molecule has 0 bridgehead atoms. The summed E-state index contributed by atoms with van der Waals surface area (Å²) in [5.74, 6) is -0.214. The van der Waals surface area contributed by atoms with E-state index in [1.807, 2.05) is 29.6 Å². The third kappa shape index (κ3) is 5.74. The third-order valence-electron chi connectivity index (χ3n) is 4.01. The van der Waals surface area contributed by atoms with Gasteiger partial charge in [-0.2, -0.15) is 0 Å². The maximum absolute atomic E-state index is 12.9. The molecule has 144 valence electrons. The molecule has 0 fully saturated rings. The van der Waals surface area contributed by atoms with E-state index in [2.05, 4.69) is 17.2 Å². The van der Waals surface area contributed by atoms with Crippen molar-refractivity contribution in [3.05, 3.63) is 76.5 Å². The van der Waals surface area contributed by atoms with Crippen LogP contribution in [0.1, 0.15) is 28.5 Å². The predicted octanol–water partition coefficient (Wildman–Crippen LogP) is 5.00. The maximum atomic E-state index is 12.9. The topological polar surface area (TPSA) is 59.1 Å². The minimum atomic E-state index is -0.352. The standard InChI is InChI=1S/C21H19FN2O2S2/c1-2-14-3-5-15(6-4-14)19(25)13-28-21-24-18(12-27-21)11-20(26)23-17-9-7-16(22)8-10-17/h3-10,12H,2,11,13H2,1H3,(H,23,26). The van der Waals surface area contributed by atoms with Gasteiger partial charge in [0, 0.05) is 16.6 Å². The van der Waals surface area contributed by atoms with Crippen LogP contribution in [-0.2, 0) is 17.6 Å². The number of benzene rings is 2. The number of ketones is 1. The second-order valence-corrected chi connectivity index (χ2v) is 8.18. The summed E-state index contributed by atoms with van der Waals surface area (Å²) in [6.45, 7) is 2.08. The largest absolute Gasteiger partial charge is 0.326 e. The zero-order valence-corrected chi connectivity index (χ0v) is 16.9. The lowest BCUT2D eigenvalue weighted by Gasteiger charge is -2.03. The van der Waals surface area contributed by atoms with Crippen LogP contribution < -0.4 is 5.32 Å². The zero-order valence-electron chi connectivity index (χ0n) is 15.3. The van der Waals surface area contributed by atoms with Gasteiger partial charge < -0.3 is 5.32 Å². The van der Waals surface area contributed by atoms with Crippen LogP contribution in [0.2, 0.25) is 0 Å². The molecule has 0 aliphatic carbocycles. The van der Waals surface area contributed by atoms with Crippen molar-refractivity contribution in [1.29, 1.82) is 0 Å². The molecule has 0 aliphatic rings. The number of nitrogens with one attached hydrogen (secondary N) is 1. The second-order valence-electron chi connectivity index (χ2n) is 6.10. The Morgan fingerprint density at radius 1 is 1.11 bits per heavy atom. The summed E-state index contributed by atoms with van der Waals surface area (Å²) in [6.07, 6.45) is 1.07. The van der Waals surface area contributed by atoms with Crippen molar-refractivity contribution in [3.63, 3.8) is 0 Å². The van der Waals surface area contributed by atoms with Crippen LogP contribution >= 0.6 is 23.1 Å². The smallest absolute Gasteiger partial charge is 0.230 e. The van der Waals surface area contributed by atoms with E-state index in [0.717, 1.165) is 10.8 Å². The predicted molar refractivity (Wildman–Crippen MR) is 112 cm³/mol. The van der Waals surface area contributed by atoms with Crippen LogP contribution in [0.5, 0.6) is 0 Å². The Labute approximate surface area is 171 Å². The molecule has 0 unspecified atom stereocenters. The number of rotatable bonds is 8. The van der Waals surface area contributed by atoms with Crippen molar-refractivity contribution in [3.8, 4) is 0 Å². The molecule has 4 nitrogen and oxygen atoms in total. The highest BCUT2D eigenvalue weighted by atomic mass is 32.2. The molecule has 0 radical (unpaired) electrons. The van der Waals surface area contributed by atoms with Crippen LogP contribution in [0, 0.1) is 5.82 Å². The Morgan fingerprint density at radius 2 is 1.82 bits per heavy atom. The van der Waals surface area contributed by atoms with Gasteiger partial charge in [-0.05, 0) is 36.2 Å². The number of halogens is 1. The van der Waals surface area contributed by atoms with E-state index in [0.29, 0.717) is 22.7 Å². The minimum Gasteiger partial charge on any atom is -0.326 e. The monoisotopic (exact) mass is 414 g/mol. The molecule has 1 N–H and O–H groups in total. The summed E-state index contributed by atoms with van der Waals surface area (Å²) < 4.78 is 13.7. The lowest BCUT2D eigenvalue weighted by atomic mass is 10.1. The second kappa shape index (κ2) is 9.61. The van der Waals surface area contributed by atoms with Gasteiger partial charge in [-0.25, -0.2) is 9.37 Å². The van der Waals surface area contributed by atoms with Gasteiger partial charge in [-0.15, -0.1) is 11.3 Å². The van der Waals surface area contributed by atoms with E-state index in [1.54, 1.807) is 0 Å². The fourth-order valence-corrected chi connectivity index (χ4v) is 4.21.